The molecule has 0 saturated carbocycles. The summed E-state index contributed by atoms with van der Waals surface area (Å²) in [4.78, 5) is 15.8. The Balaban J connectivity index is 1.93. The molecule has 1 heterocycles. The Morgan fingerprint density at radius 1 is 1.33 bits per heavy atom. The van der Waals surface area contributed by atoms with E-state index in [0.717, 1.165) is 5.69 Å². The topological polar surface area (TPSA) is 91.5 Å². The molecule has 7 heteroatoms. The molecule has 0 bridgehead atoms. The molecule has 27 heavy (non-hydrogen) atoms. The third-order valence-electron chi connectivity index (χ3n) is 4.24. The van der Waals surface area contributed by atoms with E-state index in [1.807, 2.05) is 19.1 Å². The first kappa shape index (κ1) is 18.4. The van der Waals surface area contributed by atoms with Crippen molar-refractivity contribution in [2.24, 2.45) is 10.7 Å². The second-order valence-electron chi connectivity index (χ2n) is 6.35. The third kappa shape index (κ3) is 4.08. The zero-order valence-corrected chi connectivity index (χ0v) is 15.2. The minimum Gasteiger partial charge on any atom is -0.404 e. The van der Waals surface area contributed by atoms with Crippen molar-refractivity contribution >= 4 is 40.4 Å². The van der Waals surface area contributed by atoms with Crippen molar-refractivity contribution in [3.05, 3.63) is 54.0 Å². The van der Waals surface area contributed by atoms with Gasteiger partial charge in [0.15, 0.2) is 0 Å². The molecule has 0 spiro atoms. The van der Waals surface area contributed by atoms with Crippen LogP contribution in [0.15, 0.2) is 47.6 Å². The Morgan fingerprint density at radius 2 is 2.15 bits per heavy atom. The van der Waals surface area contributed by atoms with Crippen molar-refractivity contribution in [2.45, 2.75) is 19.4 Å². The molecular formula is C20H22FN5O. The van der Waals surface area contributed by atoms with Crippen molar-refractivity contribution in [2.75, 3.05) is 23.0 Å². The van der Waals surface area contributed by atoms with Crippen molar-refractivity contribution in [3.63, 3.8) is 0 Å². The van der Waals surface area contributed by atoms with Gasteiger partial charge in [0.05, 0.1) is 22.7 Å². The molecule has 0 saturated heterocycles. The van der Waals surface area contributed by atoms with Gasteiger partial charge < -0.3 is 21.7 Å². The van der Waals surface area contributed by atoms with Crippen LogP contribution in [0.3, 0.4) is 0 Å². The van der Waals surface area contributed by atoms with E-state index in [9.17, 15) is 9.18 Å². The van der Waals surface area contributed by atoms with Crippen LogP contribution >= 0.6 is 0 Å². The Hall–Kier alpha value is -3.35. The van der Waals surface area contributed by atoms with E-state index < -0.39 is 5.82 Å². The number of hydrogen-bond acceptors (Lipinski definition) is 5. The maximum Gasteiger partial charge on any atom is 0.226 e. The highest BCUT2D eigenvalue weighted by Crippen LogP contribution is 2.36. The van der Waals surface area contributed by atoms with Crippen LogP contribution in [0.1, 0.15) is 18.9 Å². The summed E-state index contributed by atoms with van der Waals surface area (Å²) in [5, 5.41) is 9.28. The number of para-hydroxylation sites is 1. The van der Waals surface area contributed by atoms with Gasteiger partial charge in [-0.25, -0.2) is 4.39 Å². The lowest BCUT2D eigenvalue weighted by molar-refractivity contribution is -0.116. The van der Waals surface area contributed by atoms with Crippen LogP contribution < -0.4 is 21.7 Å². The molecule has 0 fully saturated rings. The molecule has 1 aliphatic heterocycles. The molecule has 0 unspecified atom stereocenters. The summed E-state index contributed by atoms with van der Waals surface area (Å²) >= 11 is 0. The number of halogens is 1. The summed E-state index contributed by atoms with van der Waals surface area (Å²) in [6.45, 7) is 1.93. The third-order valence-corrected chi connectivity index (χ3v) is 4.24. The number of nitrogens with two attached hydrogens (primary N) is 1. The van der Waals surface area contributed by atoms with Gasteiger partial charge in [0, 0.05) is 37.5 Å². The van der Waals surface area contributed by atoms with E-state index >= 15 is 0 Å². The predicted octanol–water partition coefficient (Wildman–Crippen LogP) is 3.71. The summed E-state index contributed by atoms with van der Waals surface area (Å²) in [7, 11) is 1.63. The van der Waals surface area contributed by atoms with E-state index in [2.05, 4.69) is 20.9 Å². The molecule has 3 rings (SSSR count). The Kier molecular flexibility index (Phi) is 5.40. The van der Waals surface area contributed by atoms with Gasteiger partial charge >= 0.3 is 0 Å². The lowest BCUT2D eigenvalue weighted by Gasteiger charge is -2.18. The summed E-state index contributed by atoms with van der Waals surface area (Å²) in [5.41, 5.74) is 9.26. The van der Waals surface area contributed by atoms with Crippen LogP contribution in [0, 0.1) is 5.82 Å². The normalized spacial score (nSPS) is 17.1. The average molecular weight is 367 g/mol. The maximum absolute atomic E-state index is 14.7. The van der Waals surface area contributed by atoms with Gasteiger partial charge in [-0.15, -0.1) is 0 Å². The van der Waals surface area contributed by atoms with E-state index in [-0.39, 0.29) is 11.9 Å². The standard InChI is InChI=1S/C20H22FN5O/c1-12-8-19(27)26-18-5-3-4-17(20(18)24-12)25-16-7-6-13(9-15(16)21)14(10-22)11-23-2/h3-7,9-12,24-25H,8,22H2,1-2H3,(H,26,27)/t12-/m1/s1. The van der Waals surface area contributed by atoms with Crippen LogP contribution in [-0.4, -0.2) is 25.2 Å². The van der Waals surface area contributed by atoms with Gasteiger partial charge in [-0.05, 0) is 36.8 Å². The fraction of sp³-hybridized carbons (Fsp3) is 0.200. The smallest absolute Gasteiger partial charge is 0.226 e. The van der Waals surface area contributed by atoms with E-state index in [1.165, 1.54) is 12.3 Å². The first-order valence-corrected chi connectivity index (χ1v) is 8.62. The molecule has 2 aromatic rings. The Morgan fingerprint density at radius 3 is 2.85 bits per heavy atom. The number of nitrogens with zero attached hydrogens (tertiary/aromatic N) is 1. The van der Waals surface area contributed by atoms with E-state index in [4.69, 9.17) is 5.73 Å². The van der Waals surface area contributed by atoms with Gasteiger partial charge in [0.2, 0.25) is 5.91 Å². The number of carbonyl (C=O) groups is 1. The maximum atomic E-state index is 14.7. The first-order valence-electron chi connectivity index (χ1n) is 8.62. The quantitative estimate of drug-likeness (QED) is 0.620. The zero-order chi connectivity index (χ0) is 19.4. The van der Waals surface area contributed by atoms with E-state index in [1.54, 1.807) is 31.5 Å². The van der Waals surface area contributed by atoms with Crippen LogP contribution in [-0.2, 0) is 4.79 Å². The summed E-state index contributed by atoms with van der Waals surface area (Å²) in [5.74, 6) is -0.472. The molecule has 1 atom stereocenters. The van der Waals surface area contributed by atoms with Crippen molar-refractivity contribution in [1.29, 1.82) is 0 Å². The minimum absolute atomic E-state index is 0.0352. The summed E-state index contributed by atoms with van der Waals surface area (Å²) in [6.07, 6.45) is 3.33. The molecule has 0 radical (unpaired) electrons. The Bertz CT molecular complexity index is 923. The molecule has 1 amide bonds. The van der Waals surface area contributed by atoms with Gasteiger partial charge in [0.25, 0.3) is 0 Å². The van der Waals surface area contributed by atoms with Gasteiger partial charge in [-0.2, -0.15) is 0 Å². The van der Waals surface area contributed by atoms with Gasteiger partial charge in [-0.3, -0.25) is 9.79 Å². The number of aliphatic imine (C=N–C) groups is 1. The SMILES string of the molecule is CN=CC(=CN)c1ccc(Nc2cccc3c2N[C@H](C)CC(=O)N3)c(F)c1. The molecular weight excluding hydrogens is 345 g/mol. The number of rotatable bonds is 4. The summed E-state index contributed by atoms with van der Waals surface area (Å²) < 4.78 is 14.7. The van der Waals surface area contributed by atoms with Crippen LogP contribution in [0.2, 0.25) is 0 Å². The number of allylic oxidation sites excluding steroid dienone is 1. The first-order chi connectivity index (χ1) is 13.0. The van der Waals surface area contributed by atoms with Crippen LogP contribution in [0.4, 0.5) is 27.1 Å². The molecule has 1 aliphatic rings. The molecule has 0 aromatic heterocycles. The highest BCUT2D eigenvalue weighted by Gasteiger charge is 2.20. The van der Waals surface area contributed by atoms with E-state index in [0.29, 0.717) is 34.6 Å². The molecule has 0 aliphatic carbocycles. The summed E-state index contributed by atoms with van der Waals surface area (Å²) in [6, 6.07) is 10.2. The minimum atomic E-state index is -0.417. The monoisotopic (exact) mass is 367 g/mol. The van der Waals surface area contributed by atoms with Crippen molar-refractivity contribution in [1.82, 2.24) is 0 Å². The molecule has 2 aromatic carbocycles. The fourth-order valence-electron chi connectivity index (χ4n) is 2.99. The number of carbonyl (C=O) groups excluding carboxylic acids is 1. The number of fused-ring (bicyclic) bond motifs is 1. The van der Waals surface area contributed by atoms with Crippen molar-refractivity contribution < 1.29 is 9.18 Å². The number of benzene rings is 2. The second kappa shape index (κ2) is 7.90. The highest BCUT2D eigenvalue weighted by molar-refractivity contribution is 6.09. The highest BCUT2D eigenvalue weighted by atomic mass is 19.1. The molecule has 6 nitrogen and oxygen atoms in total. The molecule has 140 valence electrons. The number of hydrogen-bond donors (Lipinski definition) is 4. The van der Waals surface area contributed by atoms with Crippen LogP contribution in [0.5, 0.6) is 0 Å². The predicted molar refractivity (Wildman–Crippen MR) is 109 cm³/mol. The fourth-order valence-corrected chi connectivity index (χ4v) is 2.99. The lowest BCUT2D eigenvalue weighted by Crippen LogP contribution is -2.19. The molecule has 5 N–H and O–H groups in total. The zero-order valence-electron chi connectivity index (χ0n) is 15.2. The number of nitrogens with one attached hydrogen (secondary N) is 3. The van der Waals surface area contributed by atoms with Crippen LogP contribution in [0.25, 0.3) is 5.57 Å². The number of anilines is 4. The average Bonchev–Trinajstić information content (AvgIpc) is 2.78. The van der Waals surface area contributed by atoms with Gasteiger partial charge in [-0.1, -0.05) is 12.1 Å². The lowest BCUT2D eigenvalue weighted by atomic mass is 10.1. The number of amides is 1. The largest absolute Gasteiger partial charge is 0.404 e. The van der Waals surface area contributed by atoms with Gasteiger partial charge in [0.1, 0.15) is 5.82 Å². The second-order valence-corrected chi connectivity index (χ2v) is 6.35. The van der Waals surface area contributed by atoms with Crippen molar-refractivity contribution in [3.8, 4) is 0 Å². The Labute approximate surface area is 157 Å².